The first-order chi connectivity index (χ1) is 13.9. The van der Waals surface area contributed by atoms with Crippen molar-refractivity contribution in [1.29, 1.82) is 0 Å². The molecule has 0 fully saturated rings. The lowest BCUT2D eigenvalue weighted by Crippen LogP contribution is -2.28. The minimum absolute atomic E-state index is 0.0680. The average molecular weight is 407 g/mol. The van der Waals surface area contributed by atoms with Crippen LogP contribution in [0.4, 0.5) is 5.69 Å². The molecule has 3 aromatic carbocycles. The topological polar surface area (TPSA) is 66.5 Å². The largest absolute Gasteiger partial charge is 0.308 e. The number of benzene rings is 3. The molecule has 148 valence electrons. The zero-order valence-corrected chi connectivity index (χ0v) is 16.9. The number of sulfonamides is 1. The summed E-state index contributed by atoms with van der Waals surface area (Å²) in [6.07, 6.45) is 0.634. The molecule has 1 heterocycles. The molecular weight excluding hydrogens is 384 g/mol. The van der Waals surface area contributed by atoms with Gasteiger partial charge in [-0.2, -0.15) is 0 Å². The second-order valence-corrected chi connectivity index (χ2v) is 8.94. The zero-order valence-electron chi connectivity index (χ0n) is 16.1. The molecule has 4 rings (SSSR count). The maximum atomic E-state index is 12.9. The van der Waals surface area contributed by atoms with Crippen LogP contribution in [-0.2, 0) is 23.0 Å². The molecule has 1 aliphatic heterocycles. The van der Waals surface area contributed by atoms with E-state index < -0.39 is 10.0 Å². The molecule has 0 unspecified atom stereocenters. The van der Waals surface area contributed by atoms with Crippen molar-refractivity contribution >= 4 is 21.6 Å². The molecule has 0 aromatic heterocycles. The van der Waals surface area contributed by atoms with Crippen molar-refractivity contribution in [3.8, 4) is 0 Å². The van der Waals surface area contributed by atoms with Gasteiger partial charge in [0.1, 0.15) is 0 Å². The molecule has 0 saturated carbocycles. The fourth-order valence-corrected chi connectivity index (χ4v) is 4.53. The third kappa shape index (κ3) is 4.09. The van der Waals surface area contributed by atoms with Gasteiger partial charge in [-0.25, -0.2) is 13.1 Å². The Morgan fingerprint density at radius 2 is 1.72 bits per heavy atom. The molecule has 0 atom stereocenters. The van der Waals surface area contributed by atoms with E-state index in [1.807, 2.05) is 61.5 Å². The smallest absolute Gasteiger partial charge is 0.258 e. The van der Waals surface area contributed by atoms with Crippen molar-refractivity contribution in [1.82, 2.24) is 4.72 Å². The van der Waals surface area contributed by atoms with Crippen molar-refractivity contribution in [2.75, 3.05) is 11.4 Å². The molecule has 0 radical (unpaired) electrons. The number of amides is 1. The van der Waals surface area contributed by atoms with Crippen LogP contribution in [0.1, 0.15) is 27.0 Å². The first-order valence-corrected chi connectivity index (χ1v) is 11.0. The predicted molar refractivity (Wildman–Crippen MR) is 113 cm³/mol. The van der Waals surface area contributed by atoms with Crippen LogP contribution >= 0.6 is 0 Å². The maximum Gasteiger partial charge on any atom is 0.258 e. The van der Waals surface area contributed by atoms with Crippen LogP contribution in [0.15, 0.2) is 77.7 Å². The van der Waals surface area contributed by atoms with Crippen molar-refractivity contribution in [2.24, 2.45) is 0 Å². The molecule has 1 amide bonds. The van der Waals surface area contributed by atoms with Crippen LogP contribution in [0, 0.1) is 6.92 Å². The standard InChI is InChI=1S/C23H22N2O3S/c1-17-7-9-19(10-8-17)23(26)25-14-13-20-15-21(11-12-22(20)25)29(27,28)24-16-18-5-3-2-4-6-18/h2-12,15,24H,13-14,16H2,1H3. The highest BCUT2D eigenvalue weighted by Crippen LogP contribution is 2.31. The van der Waals surface area contributed by atoms with Gasteiger partial charge in [-0.05, 0) is 54.8 Å². The van der Waals surface area contributed by atoms with Crippen molar-refractivity contribution in [2.45, 2.75) is 24.8 Å². The number of rotatable bonds is 5. The van der Waals surface area contributed by atoms with Crippen molar-refractivity contribution < 1.29 is 13.2 Å². The summed E-state index contributed by atoms with van der Waals surface area (Å²) in [4.78, 5) is 14.8. The molecule has 1 aliphatic rings. The SMILES string of the molecule is Cc1ccc(C(=O)N2CCc3cc(S(=O)(=O)NCc4ccccc4)ccc32)cc1. The summed E-state index contributed by atoms with van der Waals surface area (Å²) in [7, 11) is -3.63. The summed E-state index contributed by atoms with van der Waals surface area (Å²) in [6, 6.07) is 21.8. The molecule has 29 heavy (non-hydrogen) atoms. The Kier molecular flexibility index (Phi) is 5.22. The van der Waals surface area contributed by atoms with Gasteiger partial charge in [-0.3, -0.25) is 4.79 Å². The third-order valence-corrected chi connectivity index (χ3v) is 6.51. The number of nitrogens with one attached hydrogen (secondary N) is 1. The first-order valence-electron chi connectivity index (χ1n) is 9.49. The van der Waals surface area contributed by atoms with Gasteiger partial charge in [0, 0.05) is 24.3 Å². The van der Waals surface area contributed by atoms with Crippen LogP contribution in [-0.4, -0.2) is 20.9 Å². The Hall–Kier alpha value is -2.96. The van der Waals surface area contributed by atoms with Gasteiger partial charge in [-0.15, -0.1) is 0 Å². The number of anilines is 1. The fourth-order valence-electron chi connectivity index (χ4n) is 3.47. The van der Waals surface area contributed by atoms with E-state index in [-0.39, 0.29) is 17.3 Å². The van der Waals surface area contributed by atoms with E-state index in [0.29, 0.717) is 18.5 Å². The van der Waals surface area contributed by atoms with Crippen LogP contribution in [0.2, 0.25) is 0 Å². The van der Waals surface area contributed by atoms with Crippen LogP contribution in [0.3, 0.4) is 0 Å². The van der Waals surface area contributed by atoms with Gasteiger partial charge in [0.15, 0.2) is 0 Å². The van der Waals surface area contributed by atoms with Crippen LogP contribution in [0.25, 0.3) is 0 Å². The fraction of sp³-hybridized carbons (Fsp3) is 0.174. The Morgan fingerprint density at radius 3 is 2.45 bits per heavy atom. The van der Waals surface area contributed by atoms with E-state index in [1.165, 1.54) is 0 Å². The minimum Gasteiger partial charge on any atom is -0.308 e. The van der Waals surface area contributed by atoms with Crippen LogP contribution < -0.4 is 9.62 Å². The monoisotopic (exact) mass is 406 g/mol. The summed E-state index contributed by atoms with van der Waals surface area (Å²) in [5.41, 5.74) is 4.27. The van der Waals surface area contributed by atoms with Gasteiger partial charge >= 0.3 is 0 Å². The Morgan fingerprint density at radius 1 is 1.00 bits per heavy atom. The third-order valence-electron chi connectivity index (χ3n) is 5.11. The number of hydrogen-bond donors (Lipinski definition) is 1. The number of fused-ring (bicyclic) bond motifs is 1. The van der Waals surface area contributed by atoms with Gasteiger partial charge in [-0.1, -0.05) is 48.0 Å². The lowest BCUT2D eigenvalue weighted by Gasteiger charge is -2.18. The Balaban J connectivity index is 1.53. The average Bonchev–Trinajstić information content (AvgIpc) is 3.16. The van der Waals surface area contributed by atoms with E-state index in [9.17, 15) is 13.2 Å². The van der Waals surface area contributed by atoms with E-state index in [1.54, 1.807) is 23.1 Å². The number of hydrogen-bond acceptors (Lipinski definition) is 3. The second kappa shape index (κ2) is 7.81. The number of carbonyl (C=O) groups is 1. The first kappa shape index (κ1) is 19.4. The molecule has 6 heteroatoms. The van der Waals surface area contributed by atoms with E-state index in [4.69, 9.17) is 0 Å². The number of carbonyl (C=O) groups excluding carboxylic acids is 1. The summed E-state index contributed by atoms with van der Waals surface area (Å²) < 4.78 is 28.0. The molecule has 1 N–H and O–H groups in total. The van der Waals surface area contributed by atoms with E-state index in [0.717, 1.165) is 22.4 Å². The van der Waals surface area contributed by atoms with Crippen LogP contribution in [0.5, 0.6) is 0 Å². The highest BCUT2D eigenvalue weighted by molar-refractivity contribution is 7.89. The van der Waals surface area contributed by atoms with E-state index in [2.05, 4.69) is 4.72 Å². The number of nitrogens with zero attached hydrogens (tertiary/aromatic N) is 1. The minimum atomic E-state index is -3.63. The molecule has 0 aliphatic carbocycles. The quantitative estimate of drug-likeness (QED) is 0.703. The summed E-state index contributed by atoms with van der Waals surface area (Å²) in [6.45, 7) is 2.76. The highest BCUT2D eigenvalue weighted by Gasteiger charge is 2.27. The molecule has 3 aromatic rings. The molecular formula is C23H22N2O3S. The molecule has 0 bridgehead atoms. The summed E-state index contributed by atoms with van der Waals surface area (Å²) >= 11 is 0. The van der Waals surface area contributed by atoms with Gasteiger partial charge in [0.05, 0.1) is 4.90 Å². The van der Waals surface area contributed by atoms with Gasteiger partial charge < -0.3 is 4.90 Å². The lowest BCUT2D eigenvalue weighted by molar-refractivity contribution is 0.0989. The molecule has 0 saturated heterocycles. The van der Waals surface area contributed by atoms with Crippen molar-refractivity contribution in [3.05, 3.63) is 95.1 Å². The normalized spacial score (nSPS) is 13.3. The maximum absolute atomic E-state index is 12.9. The number of aryl methyl sites for hydroxylation is 1. The molecule has 5 nitrogen and oxygen atoms in total. The summed E-state index contributed by atoms with van der Waals surface area (Å²) in [5, 5.41) is 0. The second-order valence-electron chi connectivity index (χ2n) is 7.17. The van der Waals surface area contributed by atoms with Gasteiger partial charge in [0.25, 0.3) is 5.91 Å². The lowest BCUT2D eigenvalue weighted by atomic mass is 10.1. The van der Waals surface area contributed by atoms with Crippen molar-refractivity contribution in [3.63, 3.8) is 0 Å². The Labute approximate surface area is 171 Å². The van der Waals surface area contributed by atoms with E-state index >= 15 is 0 Å². The predicted octanol–water partition coefficient (Wildman–Crippen LogP) is 3.68. The molecule has 0 spiro atoms. The van der Waals surface area contributed by atoms with Gasteiger partial charge in [0.2, 0.25) is 10.0 Å². The Bertz CT molecular complexity index is 1140. The zero-order chi connectivity index (χ0) is 20.4. The highest BCUT2D eigenvalue weighted by atomic mass is 32.2. The summed E-state index contributed by atoms with van der Waals surface area (Å²) in [5.74, 6) is -0.0680.